The summed E-state index contributed by atoms with van der Waals surface area (Å²) in [5.74, 6) is -1.60. The lowest BCUT2D eigenvalue weighted by molar-refractivity contribution is -0.145. The van der Waals surface area contributed by atoms with E-state index in [9.17, 15) is 17.6 Å². The average Bonchev–Trinajstić information content (AvgIpc) is 2.77. The Balaban J connectivity index is 2.41. The zero-order chi connectivity index (χ0) is 16.1. The Kier molecular flexibility index (Phi) is 3.80. The molecular formula is C14H6ClF4IN2. The number of aromatic nitrogens is 2. The van der Waals surface area contributed by atoms with Crippen LogP contribution in [0.2, 0.25) is 5.02 Å². The minimum atomic E-state index is -4.65. The summed E-state index contributed by atoms with van der Waals surface area (Å²) in [6.45, 7) is 0. The normalized spacial score (nSPS) is 12.1. The van der Waals surface area contributed by atoms with Gasteiger partial charge >= 0.3 is 6.18 Å². The molecule has 0 unspecified atom stereocenters. The monoisotopic (exact) mass is 440 g/mol. The lowest BCUT2D eigenvalue weighted by Crippen LogP contribution is -2.14. The van der Waals surface area contributed by atoms with Crippen molar-refractivity contribution in [3.63, 3.8) is 0 Å². The Hall–Kier alpha value is -1.35. The Morgan fingerprint density at radius 2 is 1.82 bits per heavy atom. The molecule has 0 aliphatic heterocycles. The maximum absolute atomic E-state index is 13.3. The van der Waals surface area contributed by atoms with Crippen molar-refractivity contribution >= 4 is 45.2 Å². The fourth-order valence-electron chi connectivity index (χ4n) is 2.15. The van der Waals surface area contributed by atoms with E-state index in [-0.39, 0.29) is 16.7 Å². The summed E-state index contributed by atoms with van der Waals surface area (Å²) in [7, 11) is 0. The molecule has 114 valence electrons. The number of nitrogens with zero attached hydrogens (tertiary/aromatic N) is 2. The van der Waals surface area contributed by atoms with Gasteiger partial charge in [0.1, 0.15) is 5.82 Å². The molecule has 3 aromatic rings. The van der Waals surface area contributed by atoms with E-state index < -0.39 is 17.8 Å². The molecule has 0 saturated carbocycles. The first-order chi connectivity index (χ1) is 10.3. The molecule has 8 heteroatoms. The van der Waals surface area contributed by atoms with Gasteiger partial charge in [-0.25, -0.2) is 9.37 Å². The van der Waals surface area contributed by atoms with Gasteiger partial charge in [-0.15, -0.1) is 0 Å². The van der Waals surface area contributed by atoms with Crippen LogP contribution in [0.5, 0.6) is 0 Å². The van der Waals surface area contributed by atoms with Crippen LogP contribution in [0.4, 0.5) is 17.6 Å². The van der Waals surface area contributed by atoms with E-state index in [2.05, 4.69) is 4.98 Å². The highest BCUT2D eigenvalue weighted by molar-refractivity contribution is 14.1. The largest absolute Gasteiger partial charge is 0.450 e. The summed E-state index contributed by atoms with van der Waals surface area (Å²) in [6, 6.07) is 7.84. The van der Waals surface area contributed by atoms with Crippen molar-refractivity contribution in [2.75, 3.05) is 0 Å². The van der Waals surface area contributed by atoms with E-state index in [1.165, 1.54) is 24.3 Å². The average molecular weight is 441 g/mol. The number of alkyl halides is 3. The summed E-state index contributed by atoms with van der Waals surface area (Å²) in [5.41, 5.74) is 0.570. The highest BCUT2D eigenvalue weighted by atomic mass is 127. The molecule has 0 atom stereocenters. The molecule has 1 aromatic heterocycles. The Morgan fingerprint density at radius 3 is 2.45 bits per heavy atom. The molecule has 0 spiro atoms. The molecule has 0 saturated heterocycles. The van der Waals surface area contributed by atoms with E-state index in [0.717, 1.165) is 16.7 Å². The maximum atomic E-state index is 13.3. The van der Waals surface area contributed by atoms with Crippen LogP contribution in [-0.4, -0.2) is 9.55 Å². The maximum Gasteiger partial charge on any atom is 0.450 e. The van der Waals surface area contributed by atoms with E-state index in [1.54, 1.807) is 22.6 Å². The van der Waals surface area contributed by atoms with Crippen LogP contribution < -0.4 is 0 Å². The minimum absolute atomic E-state index is 0.164. The summed E-state index contributed by atoms with van der Waals surface area (Å²) < 4.78 is 54.4. The highest BCUT2D eigenvalue weighted by Gasteiger charge is 2.38. The third kappa shape index (κ3) is 2.67. The van der Waals surface area contributed by atoms with Crippen molar-refractivity contribution in [3.05, 3.63) is 56.6 Å². The Morgan fingerprint density at radius 1 is 1.09 bits per heavy atom. The SMILES string of the molecule is Fc1ccc(-n2c(C(F)(F)F)nc3ccc(Cl)cc32)c(I)c1. The predicted molar refractivity (Wildman–Crippen MR) is 83.8 cm³/mol. The van der Waals surface area contributed by atoms with Crippen LogP contribution >= 0.6 is 34.2 Å². The second kappa shape index (κ2) is 5.38. The van der Waals surface area contributed by atoms with Crippen LogP contribution in [0.3, 0.4) is 0 Å². The summed E-state index contributed by atoms with van der Waals surface area (Å²) >= 11 is 7.67. The van der Waals surface area contributed by atoms with Crippen LogP contribution in [0.25, 0.3) is 16.7 Å². The summed E-state index contributed by atoms with van der Waals surface area (Å²) in [5, 5.41) is 0.291. The van der Waals surface area contributed by atoms with Gasteiger partial charge < -0.3 is 0 Å². The molecule has 0 radical (unpaired) electrons. The quantitative estimate of drug-likeness (QED) is 0.364. The van der Waals surface area contributed by atoms with E-state index in [1.807, 2.05) is 0 Å². The zero-order valence-electron chi connectivity index (χ0n) is 10.6. The molecule has 0 fully saturated rings. The van der Waals surface area contributed by atoms with E-state index >= 15 is 0 Å². The standard InChI is InChI=1S/C14H6ClF4IN2/c15-7-1-3-10-12(5-7)22(13(21-10)14(17,18)19)11-4-2-8(16)6-9(11)20/h1-6H. The molecular weight excluding hydrogens is 435 g/mol. The number of hydrogen-bond donors (Lipinski definition) is 0. The van der Waals surface area contributed by atoms with Crippen molar-refractivity contribution in [3.8, 4) is 5.69 Å². The summed E-state index contributed by atoms with van der Waals surface area (Å²) in [6.07, 6.45) is -4.65. The highest BCUT2D eigenvalue weighted by Crippen LogP contribution is 2.35. The third-order valence-corrected chi connectivity index (χ3v) is 4.12. The zero-order valence-corrected chi connectivity index (χ0v) is 13.5. The molecule has 22 heavy (non-hydrogen) atoms. The van der Waals surface area contributed by atoms with Gasteiger partial charge in [0.2, 0.25) is 5.82 Å². The van der Waals surface area contributed by atoms with Crippen LogP contribution in [0.15, 0.2) is 36.4 Å². The number of rotatable bonds is 1. The molecule has 0 amide bonds. The third-order valence-electron chi connectivity index (χ3n) is 3.02. The van der Waals surface area contributed by atoms with Gasteiger partial charge in [0.05, 0.1) is 16.7 Å². The van der Waals surface area contributed by atoms with Crippen molar-refractivity contribution < 1.29 is 17.6 Å². The first-order valence-electron chi connectivity index (χ1n) is 5.98. The van der Waals surface area contributed by atoms with Crippen LogP contribution in [-0.2, 0) is 6.18 Å². The van der Waals surface area contributed by atoms with Crippen molar-refractivity contribution in [1.82, 2.24) is 9.55 Å². The number of hydrogen-bond acceptors (Lipinski definition) is 1. The number of halogens is 6. The second-order valence-corrected chi connectivity index (χ2v) is 6.10. The van der Waals surface area contributed by atoms with Gasteiger partial charge in [-0.2, -0.15) is 13.2 Å². The van der Waals surface area contributed by atoms with Gasteiger partial charge in [-0.3, -0.25) is 4.57 Å². The van der Waals surface area contributed by atoms with Crippen LogP contribution in [0, 0.1) is 9.39 Å². The molecule has 3 rings (SSSR count). The second-order valence-electron chi connectivity index (χ2n) is 4.50. The first-order valence-corrected chi connectivity index (χ1v) is 7.43. The minimum Gasteiger partial charge on any atom is -0.288 e. The number of benzene rings is 2. The molecule has 2 nitrogen and oxygen atoms in total. The lowest BCUT2D eigenvalue weighted by Gasteiger charge is -2.13. The smallest absolute Gasteiger partial charge is 0.288 e. The first kappa shape index (κ1) is 15.5. The fraction of sp³-hybridized carbons (Fsp3) is 0.0714. The van der Waals surface area contributed by atoms with Gasteiger partial charge in [-0.1, -0.05) is 11.6 Å². The van der Waals surface area contributed by atoms with Gasteiger partial charge in [0, 0.05) is 8.59 Å². The molecule has 1 heterocycles. The number of imidazole rings is 1. The molecule has 0 bridgehead atoms. The van der Waals surface area contributed by atoms with Crippen molar-refractivity contribution in [1.29, 1.82) is 0 Å². The van der Waals surface area contributed by atoms with Gasteiger partial charge in [0.25, 0.3) is 0 Å². The Bertz CT molecular complexity index is 873. The van der Waals surface area contributed by atoms with Crippen molar-refractivity contribution in [2.24, 2.45) is 0 Å². The lowest BCUT2D eigenvalue weighted by atomic mass is 10.2. The van der Waals surface area contributed by atoms with Gasteiger partial charge in [0.15, 0.2) is 0 Å². The van der Waals surface area contributed by atoms with E-state index in [0.29, 0.717) is 8.59 Å². The molecule has 0 aliphatic carbocycles. The van der Waals surface area contributed by atoms with Crippen LogP contribution in [0.1, 0.15) is 5.82 Å². The fourth-order valence-corrected chi connectivity index (χ4v) is 3.03. The molecule has 0 aliphatic rings. The molecule has 0 N–H and O–H groups in total. The topological polar surface area (TPSA) is 17.8 Å². The van der Waals surface area contributed by atoms with E-state index in [4.69, 9.17) is 11.6 Å². The number of fused-ring (bicyclic) bond motifs is 1. The van der Waals surface area contributed by atoms with Crippen molar-refractivity contribution in [2.45, 2.75) is 6.18 Å². The molecule has 2 aromatic carbocycles. The summed E-state index contributed by atoms with van der Waals surface area (Å²) in [4.78, 5) is 3.65. The Labute approximate surface area is 140 Å². The van der Waals surface area contributed by atoms with Gasteiger partial charge in [-0.05, 0) is 59.0 Å². The predicted octanol–water partition coefficient (Wildman–Crippen LogP) is 5.44.